The number of carbonyl (C=O) groups excluding carboxylic acids is 3. The maximum absolute atomic E-state index is 12.4. The van der Waals surface area contributed by atoms with Gasteiger partial charge in [0.1, 0.15) is 0 Å². The van der Waals surface area contributed by atoms with Gasteiger partial charge < -0.3 is 19.5 Å². The van der Waals surface area contributed by atoms with Crippen molar-refractivity contribution in [3.8, 4) is 11.5 Å². The summed E-state index contributed by atoms with van der Waals surface area (Å²) in [7, 11) is 3.00. The Labute approximate surface area is 179 Å². The Kier molecular flexibility index (Phi) is 7.01. The fraction of sp³-hybridized carbons (Fsp3) is 0.125. The van der Waals surface area contributed by atoms with Crippen LogP contribution in [0, 0.1) is 0 Å². The minimum Gasteiger partial charge on any atom is -0.493 e. The van der Waals surface area contributed by atoms with Gasteiger partial charge >= 0.3 is 5.97 Å². The van der Waals surface area contributed by atoms with Crippen LogP contribution in [0.3, 0.4) is 0 Å². The summed E-state index contributed by atoms with van der Waals surface area (Å²) in [5.41, 5.74) is 1.73. The summed E-state index contributed by atoms with van der Waals surface area (Å²) in [5.74, 6) is -0.323. The highest BCUT2D eigenvalue weighted by molar-refractivity contribution is 6.09. The monoisotopic (exact) mass is 419 g/mol. The minimum atomic E-state index is -0.666. The van der Waals surface area contributed by atoms with Gasteiger partial charge in [-0.3, -0.25) is 9.59 Å². The van der Waals surface area contributed by atoms with E-state index < -0.39 is 18.5 Å². The zero-order chi connectivity index (χ0) is 22.2. The van der Waals surface area contributed by atoms with Crippen LogP contribution in [0.15, 0.2) is 72.8 Å². The number of ether oxygens (including phenoxy) is 3. The first-order chi connectivity index (χ1) is 15.0. The van der Waals surface area contributed by atoms with E-state index in [0.29, 0.717) is 28.3 Å². The van der Waals surface area contributed by atoms with Crippen molar-refractivity contribution >= 4 is 23.3 Å². The standard InChI is InChI=1S/C24H21NO6/c1-29-20-13-12-19(14-21(20)30-2)25-22(26)15-31-24(28)18-10-8-17(9-11-18)23(27)16-6-4-3-5-7-16/h3-14H,15H2,1-2H3,(H,25,26). The number of methoxy groups -OCH3 is 2. The Morgan fingerprint density at radius 1 is 0.742 bits per heavy atom. The normalized spacial score (nSPS) is 10.1. The number of esters is 1. The lowest BCUT2D eigenvalue weighted by Crippen LogP contribution is -2.21. The Balaban J connectivity index is 1.55. The molecule has 1 amide bonds. The zero-order valence-corrected chi connectivity index (χ0v) is 17.1. The van der Waals surface area contributed by atoms with E-state index in [1.807, 2.05) is 6.07 Å². The van der Waals surface area contributed by atoms with Crippen LogP contribution >= 0.6 is 0 Å². The number of hydrogen-bond acceptors (Lipinski definition) is 6. The summed E-state index contributed by atoms with van der Waals surface area (Å²) in [6, 6.07) is 19.8. The number of nitrogens with one attached hydrogen (secondary N) is 1. The van der Waals surface area contributed by atoms with E-state index in [2.05, 4.69) is 5.32 Å². The van der Waals surface area contributed by atoms with Crippen molar-refractivity contribution in [2.45, 2.75) is 0 Å². The lowest BCUT2D eigenvalue weighted by molar-refractivity contribution is -0.119. The largest absolute Gasteiger partial charge is 0.493 e. The SMILES string of the molecule is COc1ccc(NC(=O)COC(=O)c2ccc(C(=O)c3ccccc3)cc2)cc1OC. The lowest BCUT2D eigenvalue weighted by atomic mass is 10.0. The van der Waals surface area contributed by atoms with Crippen LogP contribution in [-0.4, -0.2) is 38.5 Å². The molecule has 0 saturated heterocycles. The molecular formula is C24H21NO6. The molecule has 7 heteroatoms. The van der Waals surface area contributed by atoms with E-state index in [9.17, 15) is 14.4 Å². The predicted octanol–water partition coefficient (Wildman–Crippen LogP) is 3.73. The van der Waals surface area contributed by atoms with E-state index in [-0.39, 0.29) is 11.3 Å². The first kappa shape index (κ1) is 21.6. The van der Waals surface area contributed by atoms with E-state index in [4.69, 9.17) is 14.2 Å². The molecule has 1 N–H and O–H groups in total. The molecule has 0 fully saturated rings. The summed E-state index contributed by atoms with van der Waals surface area (Å²) in [5, 5.41) is 2.62. The molecule has 3 aromatic rings. The Hall–Kier alpha value is -4.13. The second kappa shape index (κ2) is 10.1. The summed E-state index contributed by atoms with van der Waals surface area (Å²) in [6.07, 6.45) is 0. The quantitative estimate of drug-likeness (QED) is 0.442. The van der Waals surface area contributed by atoms with Crippen LogP contribution in [0.25, 0.3) is 0 Å². The van der Waals surface area contributed by atoms with Crippen LogP contribution in [-0.2, 0) is 9.53 Å². The summed E-state index contributed by atoms with van der Waals surface area (Å²) in [4.78, 5) is 36.7. The van der Waals surface area contributed by atoms with Crippen molar-refractivity contribution in [3.63, 3.8) is 0 Å². The first-order valence-electron chi connectivity index (χ1n) is 9.40. The van der Waals surface area contributed by atoms with Gasteiger partial charge in [-0.1, -0.05) is 42.5 Å². The average Bonchev–Trinajstić information content (AvgIpc) is 2.82. The summed E-state index contributed by atoms with van der Waals surface area (Å²) < 4.78 is 15.4. The fourth-order valence-electron chi connectivity index (χ4n) is 2.84. The zero-order valence-electron chi connectivity index (χ0n) is 17.1. The van der Waals surface area contributed by atoms with Crippen molar-refractivity contribution in [2.75, 3.05) is 26.1 Å². The highest BCUT2D eigenvalue weighted by atomic mass is 16.5. The molecule has 0 heterocycles. The molecule has 0 saturated carbocycles. The van der Waals surface area contributed by atoms with Crippen LogP contribution in [0.1, 0.15) is 26.3 Å². The number of amides is 1. The van der Waals surface area contributed by atoms with E-state index in [1.54, 1.807) is 54.6 Å². The van der Waals surface area contributed by atoms with Crippen molar-refractivity contribution in [3.05, 3.63) is 89.5 Å². The molecule has 0 bridgehead atoms. The van der Waals surface area contributed by atoms with E-state index in [1.165, 1.54) is 26.4 Å². The number of hydrogen-bond donors (Lipinski definition) is 1. The molecule has 0 aliphatic heterocycles. The molecule has 0 atom stereocenters. The Bertz CT molecular complexity index is 1080. The van der Waals surface area contributed by atoms with Crippen LogP contribution in [0.2, 0.25) is 0 Å². The van der Waals surface area contributed by atoms with Gasteiger partial charge in [0.15, 0.2) is 23.9 Å². The van der Waals surface area contributed by atoms with Gasteiger partial charge in [0, 0.05) is 22.9 Å². The predicted molar refractivity (Wildman–Crippen MR) is 115 cm³/mol. The average molecular weight is 419 g/mol. The van der Waals surface area contributed by atoms with Gasteiger partial charge in [0.25, 0.3) is 5.91 Å². The molecule has 0 unspecified atom stereocenters. The number of benzene rings is 3. The van der Waals surface area contributed by atoms with Crippen molar-refractivity contribution in [2.24, 2.45) is 0 Å². The van der Waals surface area contributed by atoms with Crippen molar-refractivity contribution in [1.82, 2.24) is 0 Å². The molecule has 0 radical (unpaired) electrons. The van der Waals surface area contributed by atoms with E-state index >= 15 is 0 Å². The van der Waals surface area contributed by atoms with Crippen molar-refractivity contribution in [1.29, 1.82) is 0 Å². The second-order valence-corrected chi connectivity index (χ2v) is 6.47. The highest BCUT2D eigenvalue weighted by Gasteiger charge is 2.14. The molecule has 158 valence electrons. The Morgan fingerprint density at radius 2 is 1.35 bits per heavy atom. The third-order valence-electron chi connectivity index (χ3n) is 4.42. The molecule has 3 aromatic carbocycles. The third-order valence-corrected chi connectivity index (χ3v) is 4.42. The van der Waals surface area contributed by atoms with Gasteiger partial charge in [-0.2, -0.15) is 0 Å². The smallest absolute Gasteiger partial charge is 0.338 e. The topological polar surface area (TPSA) is 90.9 Å². The van der Waals surface area contributed by atoms with Crippen molar-refractivity contribution < 1.29 is 28.6 Å². The lowest BCUT2D eigenvalue weighted by Gasteiger charge is -2.11. The summed E-state index contributed by atoms with van der Waals surface area (Å²) >= 11 is 0. The van der Waals surface area contributed by atoms with Gasteiger partial charge in [0.05, 0.1) is 19.8 Å². The fourth-order valence-corrected chi connectivity index (χ4v) is 2.84. The molecule has 0 aliphatic rings. The van der Waals surface area contributed by atoms with Gasteiger partial charge in [-0.25, -0.2) is 4.79 Å². The Morgan fingerprint density at radius 3 is 2.00 bits per heavy atom. The first-order valence-corrected chi connectivity index (χ1v) is 9.40. The minimum absolute atomic E-state index is 0.144. The molecule has 0 aromatic heterocycles. The van der Waals surface area contributed by atoms with Crippen LogP contribution in [0.5, 0.6) is 11.5 Å². The third kappa shape index (κ3) is 5.48. The summed E-state index contributed by atoms with van der Waals surface area (Å²) in [6.45, 7) is -0.460. The number of anilines is 1. The molecule has 3 rings (SSSR count). The number of rotatable bonds is 8. The van der Waals surface area contributed by atoms with Gasteiger partial charge in [0.2, 0.25) is 0 Å². The van der Waals surface area contributed by atoms with Crippen LogP contribution in [0.4, 0.5) is 5.69 Å². The van der Waals surface area contributed by atoms with E-state index in [0.717, 1.165) is 0 Å². The highest BCUT2D eigenvalue weighted by Crippen LogP contribution is 2.29. The molecule has 0 spiro atoms. The molecular weight excluding hydrogens is 398 g/mol. The molecule has 0 aliphatic carbocycles. The molecule has 7 nitrogen and oxygen atoms in total. The van der Waals surface area contributed by atoms with Crippen LogP contribution < -0.4 is 14.8 Å². The number of ketones is 1. The maximum atomic E-state index is 12.4. The van der Waals surface area contributed by atoms with Gasteiger partial charge in [-0.05, 0) is 24.3 Å². The maximum Gasteiger partial charge on any atom is 0.338 e. The second-order valence-electron chi connectivity index (χ2n) is 6.47. The number of carbonyl (C=O) groups is 3. The molecule has 31 heavy (non-hydrogen) atoms. The van der Waals surface area contributed by atoms with Gasteiger partial charge in [-0.15, -0.1) is 0 Å².